The number of β-amino-alcohol motifs (C(OH)–C–C–N with tert-alkyl or cyclic N) is 1. The van der Waals surface area contributed by atoms with Crippen molar-refractivity contribution in [2.24, 2.45) is 0 Å². The predicted molar refractivity (Wildman–Crippen MR) is 128 cm³/mol. The molecule has 3 aliphatic rings. The van der Waals surface area contributed by atoms with E-state index in [-0.39, 0.29) is 36.1 Å². The van der Waals surface area contributed by atoms with Gasteiger partial charge in [-0.25, -0.2) is 4.39 Å². The maximum atomic E-state index is 15.3. The zero-order valence-electron chi connectivity index (χ0n) is 18.0. The molecule has 10 heteroatoms. The third-order valence-electron chi connectivity index (χ3n) is 6.89. The Morgan fingerprint density at radius 1 is 1.24 bits per heavy atom. The molecule has 3 N–H and O–H groups in total. The van der Waals surface area contributed by atoms with Crippen LogP contribution >= 0.6 is 22.6 Å². The van der Waals surface area contributed by atoms with Gasteiger partial charge in [0.05, 0.1) is 30.0 Å². The molecular weight excluding hydrogens is 545 g/mol. The number of nitrogens with one attached hydrogen (secondary N) is 2. The van der Waals surface area contributed by atoms with E-state index in [1.807, 2.05) is 22.6 Å². The molecule has 1 aromatic carbocycles. The maximum Gasteiger partial charge on any atom is 0.289 e. The third kappa shape index (κ3) is 3.95. The summed E-state index contributed by atoms with van der Waals surface area (Å²) in [6.07, 6.45) is 3.98. The summed E-state index contributed by atoms with van der Waals surface area (Å²) in [5.74, 6) is -2.18. The van der Waals surface area contributed by atoms with Crippen molar-refractivity contribution < 1.29 is 18.7 Å². The van der Waals surface area contributed by atoms with Crippen molar-refractivity contribution in [2.45, 2.75) is 50.3 Å². The molecular formula is C23H25F2IN4O3. The molecule has 1 atom stereocenters. The molecule has 2 fully saturated rings. The quantitative estimate of drug-likeness (QED) is 0.493. The van der Waals surface area contributed by atoms with E-state index in [1.165, 1.54) is 21.6 Å². The Kier molecular flexibility index (Phi) is 5.94. The number of aromatic nitrogens is 1. The van der Waals surface area contributed by atoms with Crippen LogP contribution in [0.1, 0.15) is 41.7 Å². The minimum atomic E-state index is -1.10. The zero-order valence-corrected chi connectivity index (χ0v) is 20.1. The highest BCUT2D eigenvalue weighted by Gasteiger charge is 2.50. The first-order valence-electron chi connectivity index (χ1n) is 11.2. The normalized spacial score (nSPS) is 21.5. The number of nitrogens with zero attached hydrogens (tertiary/aromatic N) is 2. The van der Waals surface area contributed by atoms with Crippen LogP contribution in [0.25, 0.3) is 0 Å². The highest BCUT2D eigenvalue weighted by atomic mass is 127. The van der Waals surface area contributed by atoms with Crippen LogP contribution in [0.2, 0.25) is 0 Å². The predicted octanol–water partition coefficient (Wildman–Crippen LogP) is 2.75. The number of carbonyl (C=O) groups is 1. The molecule has 0 spiro atoms. The summed E-state index contributed by atoms with van der Waals surface area (Å²) < 4.78 is 31.7. The van der Waals surface area contributed by atoms with Crippen LogP contribution in [0.4, 0.5) is 20.2 Å². The van der Waals surface area contributed by atoms with E-state index in [1.54, 1.807) is 6.07 Å². The van der Waals surface area contributed by atoms with Crippen LogP contribution in [0.15, 0.2) is 23.0 Å². The van der Waals surface area contributed by atoms with Crippen molar-refractivity contribution in [2.75, 3.05) is 25.0 Å². The number of pyridine rings is 1. The summed E-state index contributed by atoms with van der Waals surface area (Å²) in [5.41, 5.74) is -1.67. The van der Waals surface area contributed by atoms with E-state index in [9.17, 15) is 19.1 Å². The van der Waals surface area contributed by atoms with Crippen molar-refractivity contribution in [3.8, 4) is 0 Å². The molecule has 33 heavy (non-hydrogen) atoms. The standard InChI is InChI=1S/C23H25F2IN4O3/c24-14-10-13(26)6-7-15(14)28-20-18(16-4-3-9-30(16)22(32)19(20)25)21(31)29-11-23(33,12-29)17-5-1-2-8-27-17/h6-7,10,17,27-28,33H,1-5,8-9,11-12H2/t17-/m0/s1. The summed E-state index contributed by atoms with van der Waals surface area (Å²) in [5, 5.41) is 17.0. The van der Waals surface area contributed by atoms with Crippen LogP contribution in [0.3, 0.4) is 0 Å². The van der Waals surface area contributed by atoms with Gasteiger partial charge in [-0.05, 0) is 73.0 Å². The molecule has 2 aromatic rings. The Morgan fingerprint density at radius 2 is 2.03 bits per heavy atom. The number of hydrogen-bond acceptors (Lipinski definition) is 5. The van der Waals surface area contributed by atoms with Crippen molar-refractivity contribution in [3.63, 3.8) is 0 Å². The van der Waals surface area contributed by atoms with Gasteiger partial charge in [0, 0.05) is 21.9 Å². The highest BCUT2D eigenvalue weighted by Crippen LogP contribution is 2.35. The van der Waals surface area contributed by atoms with Crippen LogP contribution in [-0.2, 0) is 13.0 Å². The Hall–Kier alpha value is -2.05. The minimum Gasteiger partial charge on any atom is -0.385 e. The molecule has 4 heterocycles. The van der Waals surface area contributed by atoms with E-state index in [0.717, 1.165) is 25.8 Å². The van der Waals surface area contributed by atoms with Gasteiger partial charge in [0.15, 0.2) is 0 Å². The van der Waals surface area contributed by atoms with E-state index in [4.69, 9.17) is 0 Å². The smallest absolute Gasteiger partial charge is 0.289 e. The number of likely N-dealkylation sites (tertiary alicyclic amines) is 1. The lowest BCUT2D eigenvalue weighted by molar-refractivity contribution is -0.108. The molecule has 0 radical (unpaired) electrons. The van der Waals surface area contributed by atoms with E-state index < -0.39 is 28.7 Å². The molecule has 7 nitrogen and oxygen atoms in total. The number of amides is 1. The van der Waals surface area contributed by atoms with Gasteiger partial charge in [0.2, 0.25) is 5.82 Å². The average molecular weight is 570 g/mol. The third-order valence-corrected chi connectivity index (χ3v) is 7.56. The van der Waals surface area contributed by atoms with Crippen LogP contribution in [0, 0.1) is 15.2 Å². The largest absolute Gasteiger partial charge is 0.385 e. The van der Waals surface area contributed by atoms with Crippen LogP contribution in [-0.4, -0.2) is 51.8 Å². The van der Waals surface area contributed by atoms with Gasteiger partial charge in [-0.1, -0.05) is 6.42 Å². The summed E-state index contributed by atoms with van der Waals surface area (Å²) in [7, 11) is 0. The van der Waals surface area contributed by atoms with Gasteiger partial charge >= 0.3 is 0 Å². The second kappa shape index (κ2) is 8.62. The fourth-order valence-corrected chi connectivity index (χ4v) is 5.61. The molecule has 3 aliphatic heterocycles. The molecule has 1 amide bonds. The van der Waals surface area contributed by atoms with E-state index in [0.29, 0.717) is 28.7 Å². The molecule has 0 aliphatic carbocycles. The monoisotopic (exact) mass is 570 g/mol. The first kappa shape index (κ1) is 22.7. The van der Waals surface area contributed by atoms with E-state index >= 15 is 4.39 Å². The van der Waals surface area contributed by atoms with Gasteiger partial charge in [-0.15, -0.1) is 0 Å². The van der Waals surface area contributed by atoms with Gasteiger partial charge in [0.25, 0.3) is 11.5 Å². The Labute approximate surface area is 203 Å². The van der Waals surface area contributed by atoms with Gasteiger partial charge in [0.1, 0.15) is 11.4 Å². The number of carbonyl (C=O) groups excluding carboxylic acids is 1. The summed E-state index contributed by atoms with van der Waals surface area (Å²) in [6, 6.07) is 4.30. The number of fused-ring (bicyclic) bond motifs is 1. The molecule has 0 unspecified atom stereocenters. The van der Waals surface area contributed by atoms with E-state index in [2.05, 4.69) is 10.6 Å². The number of halogens is 3. The molecule has 2 saturated heterocycles. The van der Waals surface area contributed by atoms with Gasteiger partial charge < -0.3 is 25.2 Å². The maximum absolute atomic E-state index is 15.3. The Bertz CT molecular complexity index is 1170. The SMILES string of the molecule is O=C(c1c(Nc2ccc(I)cc2F)c(F)c(=O)n2c1CCC2)N1CC(O)([C@@H]2CCCCN2)C1. The van der Waals surface area contributed by atoms with Crippen LogP contribution < -0.4 is 16.2 Å². The summed E-state index contributed by atoms with van der Waals surface area (Å²) >= 11 is 1.96. The first-order chi connectivity index (χ1) is 15.8. The topological polar surface area (TPSA) is 86.6 Å². The fourth-order valence-electron chi connectivity index (χ4n) is 5.16. The number of rotatable bonds is 4. The number of anilines is 2. The van der Waals surface area contributed by atoms with Gasteiger partial charge in [-0.2, -0.15) is 4.39 Å². The second-order valence-electron chi connectivity index (χ2n) is 9.09. The fraction of sp³-hybridized carbons (Fsp3) is 0.478. The second-order valence-corrected chi connectivity index (χ2v) is 10.3. The summed E-state index contributed by atoms with van der Waals surface area (Å²) in [4.78, 5) is 27.7. The zero-order chi connectivity index (χ0) is 23.3. The number of hydrogen-bond donors (Lipinski definition) is 3. The Balaban J connectivity index is 1.50. The number of benzene rings is 1. The number of piperidine rings is 1. The molecule has 5 rings (SSSR count). The lowest BCUT2D eigenvalue weighted by Gasteiger charge is -2.51. The molecule has 176 valence electrons. The van der Waals surface area contributed by atoms with Crippen molar-refractivity contribution in [1.29, 1.82) is 0 Å². The van der Waals surface area contributed by atoms with Crippen molar-refractivity contribution in [1.82, 2.24) is 14.8 Å². The Morgan fingerprint density at radius 3 is 2.73 bits per heavy atom. The minimum absolute atomic E-state index is 0.0165. The lowest BCUT2D eigenvalue weighted by Crippen LogP contribution is -2.72. The average Bonchev–Trinajstić information content (AvgIpc) is 3.27. The summed E-state index contributed by atoms with van der Waals surface area (Å²) in [6.45, 7) is 1.42. The highest BCUT2D eigenvalue weighted by molar-refractivity contribution is 14.1. The lowest BCUT2D eigenvalue weighted by atomic mass is 9.81. The molecule has 1 aromatic heterocycles. The first-order valence-corrected chi connectivity index (χ1v) is 12.3. The van der Waals surface area contributed by atoms with Crippen LogP contribution in [0.5, 0.6) is 0 Å². The van der Waals surface area contributed by atoms with Crippen molar-refractivity contribution in [3.05, 3.63) is 55.0 Å². The van der Waals surface area contributed by atoms with Gasteiger partial charge in [-0.3, -0.25) is 9.59 Å². The molecule has 0 saturated carbocycles. The van der Waals surface area contributed by atoms with Crippen molar-refractivity contribution >= 4 is 39.9 Å². The molecule has 0 bridgehead atoms. The number of aliphatic hydroxyl groups is 1.